The summed E-state index contributed by atoms with van der Waals surface area (Å²) >= 11 is 0. The summed E-state index contributed by atoms with van der Waals surface area (Å²) in [6.07, 6.45) is 0.829. The molecule has 0 spiro atoms. The van der Waals surface area contributed by atoms with Gasteiger partial charge >= 0.3 is 0 Å². The monoisotopic (exact) mass is 470 g/mol. The third kappa shape index (κ3) is 6.13. The van der Waals surface area contributed by atoms with Gasteiger partial charge in [0.25, 0.3) is 0 Å². The topological polar surface area (TPSA) is 107 Å². The highest BCUT2D eigenvalue weighted by molar-refractivity contribution is 7.92. The Morgan fingerprint density at radius 3 is 2.35 bits per heavy atom. The number of piperazine rings is 1. The first kappa shape index (κ1) is 23.9. The lowest BCUT2D eigenvalue weighted by Gasteiger charge is -2.32. The van der Waals surface area contributed by atoms with Crippen LogP contribution < -0.4 is 4.72 Å². The normalized spacial score (nSPS) is 21.3. The minimum absolute atomic E-state index is 0.0491. The molecule has 1 aromatic rings. The van der Waals surface area contributed by atoms with E-state index in [2.05, 4.69) is 16.2 Å². The van der Waals surface area contributed by atoms with Crippen LogP contribution in [0.25, 0.3) is 0 Å². The number of carbonyl (C=O) groups is 1. The van der Waals surface area contributed by atoms with Crippen LogP contribution in [0.15, 0.2) is 41.1 Å². The highest BCUT2D eigenvalue weighted by Crippen LogP contribution is 2.24. The Labute approximate surface area is 184 Å². The zero-order valence-corrected chi connectivity index (χ0v) is 19.4. The minimum Gasteiger partial charge on any atom is -0.340 e. The Balaban J connectivity index is 1.57. The zero-order chi connectivity index (χ0) is 22.6. The van der Waals surface area contributed by atoms with E-state index in [1.165, 1.54) is 16.4 Å². The highest BCUT2D eigenvalue weighted by atomic mass is 32.2. The molecule has 1 aromatic carbocycles. The summed E-state index contributed by atoms with van der Waals surface area (Å²) in [5, 5.41) is 0.840. The number of benzene rings is 1. The maximum absolute atomic E-state index is 12.9. The first-order chi connectivity index (χ1) is 14.6. The molecule has 1 atom stereocenters. The van der Waals surface area contributed by atoms with E-state index in [1.807, 2.05) is 11.9 Å². The molecule has 9 nitrogen and oxygen atoms in total. The van der Waals surface area contributed by atoms with Crippen molar-refractivity contribution < 1.29 is 21.6 Å². The maximum Gasteiger partial charge on any atom is 0.243 e. The number of rotatable bonds is 8. The fourth-order valence-corrected chi connectivity index (χ4v) is 5.86. The summed E-state index contributed by atoms with van der Waals surface area (Å²) in [4.78, 5) is 16.7. The summed E-state index contributed by atoms with van der Waals surface area (Å²) in [5.74, 6) is -0.0435. The van der Waals surface area contributed by atoms with Crippen LogP contribution in [0.1, 0.15) is 12.0 Å². The zero-order valence-electron chi connectivity index (χ0n) is 17.7. The molecule has 0 bridgehead atoms. The van der Waals surface area contributed by atoms with Crippen molar-refractivity contribution in [3.05, 3.63) is 41.8 Å². The van der Waals surface area contributed by atoms with Gasteiger partial charge in [-0.2, -0.15) is 4.31 Å². The molecule has 1 amide bonds. The average molecular weight is 471 g/mol. The van der Waals surface area contributed by atoms with Crippen molar-refractivity contribution in [3.63, 3.8) is 0 Å². The fraction of sp³-hybridized carbons (Fsp3) is 0.550. The highest BCUT2D eigenvalue weighted by Gasteiger charge is 2.33. The Hall–Kier alpha value is -1.79. The number of likely N-dealkylation sites (N-methyl/N-ethyl adjacent to an activating group) is 1. The molecule has 2 heterocycles. The van der Waals surface area contributed by atoms with Gasteiger partial charge < -0.3 is 9.80 Å². The van der Waals surface area contributed by atoms with Crippen molar-refractivity contribution in [2.24, 2.45) is 5.92 Å². The molecule has 11 heteroatoms. The summed E-state index contributed by atoms with van der Waals surface area (Å²) in [7, 11) is -5.16. The van der Waals surface area contributed by atoms with Crippen LogP contribution in [0, 0.1) is 5.92 Å². The largest absolute Gasteiger partial charge is 0.340 e. The predicted octanol–water partition coefficient (Wildman–Crippen LogP) is 0.0766. The molecule has 0 aliphatic carbocycles. The molecule has 1 N–H and O–H groups in total. The van der Waals surface area contributed by atoms with Crippen LogP contribution in [-0.2, 0) is 31.3 Å². The van der Waals surface area contributed by atoms with Crippen molar-refractivity contribution in [2.75, 3.05) is 52.9 Å². The lowest BCUT2D eigenvalue weighted by Crippen LogP contribution is -2.47. The maximum atomic E-state index is 12.9. The number of carbonyl (C=O) groups excluding carboxylic acids is 1. The molecule has 2 fully saturated rings. The number of hydrogen-bond acceptors (Lipinski definition) is 6. The van der Waals surface area contributed by atoms with E-state index in [0.717, 1.165) is 24.1 Å². The Morgan fingerprint density at radius 2 is 1.74 bits per heavy atom. The number of nitrogens with one attached hydrogen (secondary N) is 1. The number of sulfonamides is 2. The van der Waals surface area contributed by atoms with E-state index in [1.54, 1.807) is 12.1 Å². The number of amides is 1. The smallest absolute Gasteiger partial charge is 0.243 e. The lowest BCUT2D eigenvalue weighted by atomic mass is 10.1. The summed E-state index contributed by atoms with van der Waals surface area (Å²) in [5.41, 5.74) is 0.779. The second-order valence-electron chi connectivity index (χ2n) is 8.08. The standard InChI is InChI=1S/C20H30N4O5S2/c1-3-30(26,27)21-15-18-8-9-24(16-18)31(28,29)19-6-4-17(5-7-19)14-20(25)23-12-10-22(2)11-13-23/h3-7,18,21H,1,8-16H2,2H3. The third-order valence-corrected chi connectivity index (χ3v) is 8.70. The molecule has 0 aromatic heterocycles. The molecule has 2 saturated heterocycles. The van der Waals surface area contributed by atoms with E-state index in [4.69, 9.17) is 0 Å². The van der Waals surface area contributed by atoms with Gasteiger partial charge in [-0.3, -0.25) is 4.79 Å². The predicted molar refractivity (Wildman–Crippen MR) is 118 cm³/mol. The number of hydrogen-bond donors (Lipinski definition) is 1. The Bertz CT molecular complexity index is 1000. The molecule has 0 saturated carbocycles. The Kier molecular flexibility index (Phi) is 7.53. The van der Waals surface area contributed by atoms with E-state index in [9.17, 15) is 21.6 Å². The van der Waals surface area contributed by atoms with Gasteiger partial charge in [0.05, 0.1) is 11.3 Å². The van der Waals surface area contributed by atoms with Crippen molar-refractivity contribution >= 4 is 26.0 Å². The van der Waals surface area contributed by atoms with Gasteiger partial charge in [-0.1, -0.05) is 18.7 Å². The third-order valence-electron chi connectivity index (χ3n) is 5.81. The Morgan fingerprint density at radius 1 is 1.10 bits per heavy atom. The molecular formula is C20H30N4O5S2. The van der Waals surface area contributed by atoms with E-state index in [-0.39, 0.29) is 36.2 Å². The lowest BCUT2D eigenvalue weighted by molar-refractivity contribution is -0.132. The van der Waals surface area contributed by atoms with Crippen LogP contribution >= 0.6 is 0 Å². The van der Waals surface area contributed by atoms with E-state index in [0.29, 0.717) is 26.1 Å². The van der Waals surface area contributed by atoms with E-state index >= 15 is 0 Å². The van der Waals surface area contributed by atoms with Crippen LogP contribution in [0.2, 0.25) is 0 Å². The van der Waals surface area contributed by atoms with Gasteiger partial charge in [0.1, 0.15) is 0 Å². The van der Waals surface area contributed by atoms with Crippen LogP contribution in [-0.4, -0.2) is 89.7 Å². The van der Waals surface area contributed by atoms with Gasteiger partial charge in [0.15, 0.2) is 0 Å². The molecule has 0 radical (unpaired) electrons. The van der Waals surface area contributed by atoms with Gasteiger partial charge in [-0.05, 0) is 37.1 Å². The van der Waals surface area contributed by atoms with Crippen LogP contribution in [0.3, 0.4) is 0 Å². The first-order valence-corrected chi connectivity index (χ1v) is 13.3. The van der Waals surface area contributed by atoms with Crippen LogP contribution in [0.5, 0.6) is 0 Å². The average Bonchev–Trinajstić information content (AvgIpc) is 3.23. The minimum atomic E-state index is -3.67. The molecule has 1 unspecified atom stereocenters. The molecular weight excluding hydrogens is 440 g/mol. The summed E-state index contributed by atoms with van der Waals surface area (Å²) in [6, 6.07) is 6.45. The fourth-order valence-electron chi connectivity index (χ4n) is 3.75. The molecule has 2 aliphatic rings. The summed E-state index contributed by atoms with van der Waals surface area (Å²) < 4.78 is 52.7. The summed E-state index contributed by atoms with van der Waals surface area (Å²) in [6.45, 7) is 7.14. The molecule has 3 rings (SSSR count). The number of nitrogens with zero attached hydrogens (tertiary/aromatic N) is 3. The molecule has 2 aliphatic heterocycles. The van der Waals surface area contributed by atoms with Crippen LogP contribution in [0.4, 0.5) is 0 Å². The van der Waals surface area contributed by atoms with Gasteiger partial charge in [-0.25, -0.2) is 21.6 Å². The SMILES string of the molecule is C=CS(=O)(=O)NCC1CCN(S(=O)(=O)c2ccc(CC(=O)N3CCN(C)CC3)cc2)C1. The molecule has 172 valence electrons. The van der Waals surface area contributed by atoms with Gasteiger partial charge in [0.2, 0.25) is 26.0 Å². The van der Waals surface area contributed by atoms with Crippen molar-refractivity contribution in [3.8, 4) is 0 Å². The second kappa shape index (κ2) is 9.78. The first-order valence-electron chi connectivity index (χ1n) is 10.3. The van der Waals surface area contributed by atoms with Crippen molar-refractivity contribution in [1.29, 1.82) is 0 Å². The van der Waals surface area contributed by atoms with E-state index < -0.39 is 20.0 Å². The quantitative estimate of drug-likeness (QED) is 0.577. The van der Waals surface area contributed by atoms with Gasteiger partial charge in [-0.15, -0.1) is 0 Å². The second-order valence-corrected chi connectivity index (χ2v) is 11.7. The van der Waals surface area contributed by atoms with Gasteiger partial charge in [0, 0.05) is 51.2 Å². The van der Waals surface area contributed by atoms with Crippen molar-refractivity contribution in [1.82, 2.24) is 18.8 Å². The van der Waals surface area contributed by atoms with Crippen molar-refractivity contribution in [2.45, 2.75) is 17.7 Å². The molecule has 31 heavy (non-hydrogen) atoms.